The van der Waals surface area contributed by atoms with E-state index >= 15 is 0 Å². The molecule has 2 aromatic heterocycles. The minimum Gasteiger partial charge on any atom is -0.495 e. The summed E-state index contributed by atoms with van der Waals surface area (Å²) in [5, 5.41) is 23.8. The van der Waals surface area contributed by atoms with Crippen LogP contribution in [0.15, 0.2) is 115 Å². The van der Waals surface area contributed by atoms with Gasteiger partial charge in [0.25, 0.3) is 5.91 Å². The molecule has 3 N–H and O–H groups in total. The Labute approximate surface area is 300 Å². The van der Waals surface area contributed by atoms with E-state index in [4.69, 9.17) is 10.1 Å². The summed E-state index contributed by atoms with van der Waals surface area (Å²) in [7, 11) is 5.18. The Hall–Kier alpha value is -5.65. The molecule has 4 heterocycles. The van der Waals surface area contributed by atoms with Crippen LogP contribution in [0, 0.1) is 16.7 Å². The molecule has 11 heteroatoms. The standard InChI is InChI=1S/C40H38N7O3S/c1-47(2)36(49)40(31-17-18-31,34-21-28(25-51-34)27-20-33(50-3)23-43-22-27)46(38(47)42)32-16-10-11-26(19-32)24-45-35(48)39(44-37(45)41,29-12-6-4-7-13-29)30-14-8-5-9-15-30/h4-16,19-23,25,31,42H,17-18,24H2,1-3H3,(H2,41,44)/q+1. The second-order valence-corrected chi connectivity index (χ2v) is 14.7. The number of carbonyl (C=O) groups is 2. The molecule has 3 fully saturated rings. The first-order valence-corrected chi connectivity index (χ1v) is 17.8. The summed E-state index contributed by atoms with van der Waals surface area (Å²) in [6.07, 6.45) is 5.19. The van der Waals surface area contributed by atoms with Crippen LogP contribution in [0.1, 0.15) is 34.4 Å². The van der Waals surface area contributed by atoms with Gasteiger partial charge in [0.1, 0.15) is 5.75 Å². The van der Waals surface area contributed by atoms with Crippen molar-refractivity contribution < 1.29 is 18.8 Å². The average Bonchev–Trinajstić information content (AvgIpc) is 3.80. The number of hydrogen-bond acceptors (Lipinski definition) is 7. The number of nitrogens with one attached hydrogen (secondary N) is 3. The van der Waals surface area contributed by atoms with E-state index in [0.717, 1.165) is 45.5 Å². The van der Waals surface area contributed by atoms with Crippen molar-refractivity contribution >= 4 is 40.8 Å². The molecule has 1 saturated carbocycles. The molecule has 10 nitrogen and oxygen atoms in total. The fourth-order valence-corrected chi connectivity index (χ4v) is 8.85. The molecule has 0 radical (unpaired) electrons. The van der Waals surface area contributed by atoms with Crippen molar-refractivity contribution in [3.63, 3.8) is 0 Å². The van der Waals surface area contributed by atoms with Crippen LogP contribution < -0.4 is 15.0 Å². The SMILES string of the molecule is COc1cncc(-c2csc(C3(C4CC4)C(=O)[N+](C)(C)C(=N)N3c3cccc(CN4C(=N)NC(c5ccccc5)(c5ccccc5)C4=O)c3)c2)c1. The fourth-order valence-electron chi connectivity index (χ4n) is 7.68. The smallest absolute Gasteiger partial charge is 0.352 e. The predicted molar refractivity (Wildman–Crippen MR) is 197 cm³/mol. The molecular formula is C40H38N7O3S+. The van der Waals surface area contributed by atoms with E-state index in [1.165, 1.54) is 16.2 Å². The lowest BCUT2D eigenvalue weighted by molar-refractivity contribution is -0.715. The first-order valence-electron chi connectivity index (χ1n) is 16.9. The number of ether oxygens (including phenoxy) is 1. The summed E-state index contributed by atoms with van der Waals surface area (Å²) in [4.78, 5) is 37.9. The molecule has 5 aromatic rings. The third kappa shape index (κ3) is 4.90. The van der Waals surface area contributed by atoms with Gasteiger partial charge in [-0.15, -0.1) is 11.3 Å². The number of guanidine groups is 2. The van der Waals surface area contributed by atoms with Crippen LogP contribution >= 0.6 is 11.3 Å². The highest BCUT2D eigenvalue weighted by Gasteiger charge is 2.71. The summed E-state index contributed by atoms with van der Waals surface area (Å²) in [5.41, 5.74) is 2.47. The molecule has 256 valence electrons. The van der Waals surface area contributed by atoms with Gasteiger partial charge in [-0.3, -0.25) is 25.0 Å². The Morgan fingerprint density at radius 1 is 0.902 bits per heavy atom. The summed E-state index contributed by atoms with van der Waals surface area (Å²) in [5.74, 6) is 0.568. The molecule has 8 rings (SSSR count). The van der Waals surface area contributed by atoms with E-state index in [1.807, 2.05) is 101 Å². The molecule has 0 bridgehead atoms. The zero-order valence-corrected chi connectivity index (χ0v) is 29.4. The number of methoxy groups -OCH3 is 1. The van der Waals surface area contributed by atoms with Crippen LogP contribution in [0.25, 0.3) is 11.1 Å². The number of nitrogens with zero attached hydrogens (tertiary/aromatic N) is 4. The summed E-state index contributed by atoms with van der Waals surface area (Å²) >= 11 is 1.53. The largest absolute Gasteiger partial charge is 0.495 e. The van der Waals surface area contributed by atoms with E-state index < -0.39 is 11.1 Å². The van der Waals surface area contributed by atoms with Gasteiger partial charge in [0.05, 0.1) is 33.9 Å². The van der Waals surface area contributed by atoms with Gasteiger partial charge in [0.2, 0.25) is 5.54 Å². The Morgan fingerprint density at radius 2 is 1.59 bits per heavy atom. The number of amides is 2. The van der Waals surface area contributed by atoms with Crippen molar-refractivity contribution in [3.8, 4) is 16.9 Å². The number of likely N-dealkylation sites (N-methyl/N-ethyl adjacent to an activating group) is 1. The minimum absolute atomic E-state index is 0.00507. The number of anilines is 1. The van der Waals surface area contributed by atoms with Gasteiger partial charge in [-0.2, -0.15) is 4.48 Å². The Kier molecular flexibility index (Phi) is 7.66. The number of rotatable bonds is 9. The van der Waals surface area contributed by atoms with Crippen LogP contribution in [0.2, 0.25) is 0 Å². The lowest BCUT2D eigenvalue weighted by Crippen LogP contribution is -2.50. The molecule has 0 spiro atoms. The fraction of sp³-hybridized carbons (Fsp3) is 0.225. The lowest BCUT2D eigenvalue weighted by atomic mass is 9.82. The number of aromatic nitrogens is 1. The molecule has 1 unspecified atom stereocenters. The van der Waals surface area contributed by atoms with Gasteiger partial charge in [-0.1, -0.05) is 72.8 Å². The van der Waals surface area contributed by atoms with Gasteiger partial charge in [-0.25, -0.2) is 10.2 Å². The Bertz CT molecular complexity index is 2160. The third-order valence-corrected chi connectivity index (χ3v) is 11.5. The number of benzene rings is 3. The first kappa shape index (κ1) is 32.5. The van der Waals surface area contributed by atoms with Crippen molar-refractivity contribution in [2.45, 2.75) is 30.5 Å². The highest BCUT2D eigenvalue weighted by Crippen LogP contribution is 2.57. The maximum Gasteiger partial charge on any atom is 0.352 e. The second kappa shape index (κ2) is 12.0. The zero-order valence-electron chi connectivity index (χ0n) is 28.6. The Balaban J connectivity index is 1.18. The van der Waals surface area contributed by atoms with Gasteiger partial charge in [-0.05, 0) is 64.7 Å². The maximum atomic E-state index is 14.7. The quantitative estimate of drug-likeness (QED) is 0.156. The number of hydrogen-bond donors (Lipinski definition) is 3. The molecule has 3 aromatic carbocycles. The molecular weight excluding hydrogens is 659 g/mol. The molecule has 2 amide bonds. The lowest BCUT2D eigenvalue weighted by Gasteiger charge is -2.33. The van der Waals surface area contributed by atoms with Gasteiger partial charge < -0.3 is 10.1 Å². The van der Waals surface area contributed by atoms with E-state index in [-0.39, 0.29) is 40.7 Å². The van der Waals surface area contributed by atoms with Gasteiger partial charge >= 0.3 is 11.9 Å². The van der Waals surface area contributed by atoms with Crippen molar-refractivity contribution in [3.05, 3.63) is 136 Å². The maximum absolute atomic E-state index is 14.7. The highest BCUT2D eigenvalue weighted by atomic mass is 32.1. The van der Waals surface area contributed by atoms with Crippen molar-refractivity contribution in [2.24, 2.45) is 5.92 Å². The Morgan fingerprint density at radius 3 is 2.24 bits per heavy atom. The van der Waals surface area contributed by atoms with Crippen LogP contribution in [0.5, 0.6) is 5.75 Å². The van der Waals surface area contributed by atoms with Crippen LogP contribution in [-0.2, 0) is 27.2 Å². The zero-order chi connectivity index (χ0) is 35.5. The van der Waals surface area contributed by atoms with E-state index in [2.05, 4.69) is 16.4 Å². The van der Waals surface area contributed by atoms with Crippen molar-refractivity contribution in [1.29, 1.82) is 10.8 Å². The predicted octanol–water partition coefficient (Wildman–Crippen LogP) is 6.29. The molecule has 1 aliphatic carbocycles. The second-order valence-electron chi connectivity index (χ2n) is 13.8. The molecule has 2 saturated heterocycles. The van der Waals surface area contributed by atoms with Crippen LogP contribution in [0.4, 0.5) is 5.69 Å². The van der Waals surface area contributed by atoms with Crippen molar-refractivity contribution in [1.82, 2.24) is 15.2 Å². The van der Waals surface area contributed by atoms with Crippen LogP contribution in [0.3, 0.4) is 0 Å². The van der Waals surface area contributed by atoms with E-state index in [9.17, 15) is 15.0 Å². The van der Waals surface area contributed by atoms with Crippen LogP contribution in [-0.4, -0.2) is 59.3 Å². The normalized spacial score (nSPS) is 20.9. The number of quaternary nitrogens is 1. The summed E-state index contributed by atoms with van der Waals surface area (Å²) in [6.45, 7) is 0.135. The van der Waals surface area contributed by atoms with E-state index in [0.29, 0.717) is 11.4 Å². The molecule has 3 aliphatic rings. The van der Waals surface area contributed by atoms with Gasteiger partial charge in [0.15, 0.2) is 11.5 Å². The molecule has 1 atom stereocenters. The summed E-state index contributed by atoms with van der Waals surface area (Å²) < 4.78 is 5.21. The monoisotopic (exact) mass is 696 g/mol. The molecule has 2 aliphatic heterocycles. The summed E-state index contributed by atoms with van der Waals surface area (Å²) in [6, 6.07) is 30.7. The minimum atomic E-state index is -1.25. The third-order valence-electron chi connectivity index (χ3n) is 10.4. The average molecular weight is 697 g/mol. The topological polar surface area (TPSA) is 122 Å². The highest BCUT2D eigenvalue weighted by molar-refractivity contribution is 7.10. The molecule has 51 heavy (non-hydrogen) atoms. The number of thiophene rings is 1. The van der Waals surface area contributed by atoms with Crippen molar-refractivity contribution in [2.75, 3.05) is 26.1 Å². The first-order chi connectivity index (χ1) is 24.6. The number of pyridine rings is 1. The van der Waals surface area contributed by atoms with Gasteiger partial charge in [0, 0.05) is 28.2 Å². The number of carbonyl (C=O) groups excluding carboxylic acids is 2. The van der Waals surface area contributed by atoms with E-state index in [1.54, 1.807) is 33.6 Å².